The summed E-state index contributed by atoms with van der Waals surface area (Å²) in [6.45, 7) is 2.01. The Morgan fingerprint density at radius 1 is 1.24 bits per heavy atom. The first-order valence-corrected chi connectivity index (χ1v) is 7.31. The van der Waals surface area contributed by atoms with Gasteiger partial charge in [-0.05, 0) is 37.3 Å². The third-order valence-corrected chi connectivity index (χ3v) is 3.60. The molecule has 0 amide bonds. The largest absolute Gasteiger partial charge is 0.497 e. The van der Waals surface area contributed by atoms with Crippen LogP contribution in [-0.2, 0) is 6.61 Å². The highest BCUT2D eigenvalue weighted by Crippen LogP contribution is 2.28. The molecule has 2 aromatic carbocycles. The van der Waals surface area contributed by atoms with Gasteiger partial charge in [0.1, 0.15) is 23.9 Å². The molecular formula is C16H17BrFNO2. The smallest absolute Gasteiger partial charge is 0.133 e. The van der Waals surface area contributed by atoms with E-state index >= 15 is 0 Å². The van der Waals surface area contributed by atoms with Crippen molar-refractivity contribution in [1.29, 1.82) is 0 Å². The van der Waals surface area contributed by atoms with Gasteiger partial charge in [-0.3, -0.25) is 0 Å². The summed E-state index contributed by atoms with van der Waals surface area (Å²) in [6, 6.07) is 10.1. The SMILES string of the molecule is COc1ccc(COc2ccc(Br)cc2[C@H](C)N)c(F)c1. The van der Waals surface area contributed by atoms with Crippen molar-refractivity contribution in [2.75, 3.05) is 7.11 Å². The number of rotatable bonds is 5. The molecule has 0 fully saturated rings. The lowest BCUT2D eigenvalue weighted by atomic mass is 10.1. The summed E-state index contributed by atoms with van der Waals surface area (Å²) in [4.78, 5) is 0. The van der Waals surface area contributed by atoms with E-state index in [1.165, 1.54) is 13.2 Å². The van der Waals surface area contributed by atoms with Gasteiger partial charge in [-0.1, -0.05) is 15.9 Å². The van der Waals surface area contributed by atoms with Crippen molar-refractivity contribution < 1.29 is 13.9 Å². The van der Waals surface area contributed by atoms with E-state index in [-0.39, 0.29) is 18.5 Å². The Balaban J connectivity index is 2.16. The number of hydrogen-bond donors (Lipinski definition) is 1. The number of halogens is 2. The molecule has 1 atom stereocenters. The van der Waals surface area contributed by atoms with Gasteiger partial charge in [-0.25, -0.2) is 4.39 Å². The molecule has 0 heterocycles. The van der Waals surface area contributed by atoms with Gasteiger partial charge >= 0.3 is 0 Å². The van der Waals surface area contributed by atoms with Gasteiger partial charge in [0, 0.05) is 27.7 Å². The number of ether oxygens (including phenoxy) is 2. The van der Waals surface area contributed by atoms with Crippen molar-refractivity contribution in [2.24, 2.45) is 5.73 Å². The molecule has 112 valence electrons. The van der Waals surface area contributed by atoms with Crippen LogP contribution in [0, 0.1) is 5.82 Å². The topological polar surface area (TPSA) is 44.5 Å². The molecule has 0 saturated heterocycles. The first kappa shape index (κ1) is 15.8. The van der Waals surface area contributed by atoms with Gasteiger partial charge in [0.2, 0.25) is 0 Å². The fourth-order valence-electron chi connectivity index (χ4n) is 1.93. The third kappa shape index (κ3) is 3.95. The Hall–Kier alpha value is -1.59. The summed E-state index contributed by atoms with van der Waals surface area (Å²) in [5, 5.41) is 0. The highest BCUT2D eigenvalue weighted by Gasteiger charge is 2.11. The van der Waals surface area contributed by atoms with Crippen LogP contribution in [0.3, 0.4) is 0 Å². The second kappa shape index (κ2) is 6.91. The number of hydrogen-bond acceptors (Lipinski definition) is 3. The molecule has 0 bridgehead atoms. The van der Waals surface area contributed by atoms with Crippen molar-refractivity contribution >= 4 is 15.9 Å². The summed E-state index contributed by atoms with van der Waals surface area (Å²) in [7, 11) is 1.50. The monoisotopic (exact) mass is 353 g/mol. The second-order valence-electron chi connectivity index (χ2n) is 4.72. The van der Waals surface area contributed by atoms with Crippen LogP contribution in [0.5, 0.6) is 11.5 Å². The predicted molar refractivity (Wildman–Crippen MR) is 84.0 cm³/mol. The molecule has 5 heteroatoms. The number of benzene rings is 2. The van der Waals surface area contributed by atoms with Crippen molar-refractivity contribution in [1.82, 2.24) is 0 Å². The molecule has 2 N–H and O–H groups in total. The zero-order chi connectivity index (χ0) is 15.4. The molecule has 0 radical (unpaired) electrons. The standard InChI is InChI=1S/C16H17BrFNO2/c1-10(19)14-7-12(17)4-6-16(14)21-9-11-3-5-13(20-2)8-15(11)18/h3-8,10H,9,19H2,1-2H3/t10-/m0/s1. The highest BCUT2D eigenvalue weighted by molar-refractivity contribution is 9.10. The number of nitrogens with two attached hydrogens (primary N) is 1. The minimum absolute atomic E-state index is 0.136. The lowest BCUT2D eigenvalue weighted by Crippen LogP contribution is -2.08. The van der Waals surface area contributed by atoms with Crippen LogP contribution in [0.1, 0.15) is 24.1 Å². The fourth-order valence-corrected chi connectivity index (χ4v) is 2.31. The van der Waals surface area contributed by atoms with Crippen LogP contribution in [0.2, 0.25) is 0 Å². The van der Waals surface area contributed by atoms with Crippen LogP contribution in [-0.4, -0.2) is 7.11 Å². The molecule has 2 aromatic rings. The highest BCUT2D eigenvalue weighted by atomic mass is 79.9. The molecule has 21 heavy (non-hydrogen) atoms. The molecule has 0 unspecified atom stereocenters. The average Bonchev–Trinajstić information content (AvgIpc) is 2.46. The molecule has 0 aromatic heterocycles. The van der Waals surface area contributed by atoms with Crippen molar-refractivity contribution in [3.8, 4) is 11.5 Å². The molecule has 2 rings (SSSR count). The van der Waals surface area contributed by atoms with Gasteiger partial charge < -0.3 is 15.2 Å². The molecular weight excluding hydrogens is 337 g/mol. The van der Waals surface area contributed by atoms with Gasteiger partial charge in [0.05, 0.1) is 7.11 Å². The normalized spacial score (nSPS) is 12.0. The van der Waals surface area contributed by atoms with Gasteiger partial charge in [-0.15, -0.1) is 0 Å². The maximum atomic E-state index is 13.9. The van der Waals surface area contributed by atoms with E-state index < -0.39 is 0 Å². The Morgan fingerprint density at radius 3 is 2.62 bits per heavy atom. The average molecular weight is 354 g/mol. The van der Waals surface area contributed by atoms with Crippen molar-refractivity contribution in [2.45, 2.75) is 19.6 Å². The third-order valence-electron chi connectivity index (χ3n) is 3.11. The van der Waals surface area contributed by atoms with Crippen LogP contribution in [0.4, 0.5) is 4.39 Å². The zero-order valence-corrected chi connectivity index (χ0v) is 13.5. The van der Waals surface area contributed by atoms with E-state index in [1.807, 2.05) is 25.1 Å². The summed E-state index contributed by atoms with van der Waals surface area (Å²) >= 11 is 3.40. The zero-order valence-electron chi connectivity index (χ0n) is 11.9. The molecule has 0 saturated carbocycles. The Morgan fingerprint density at radius 2 is 2.00 bits per heavy atom. The van der Waals surface area contributed by atoms with E-state index in [2.05, 4.69) is 15.9 Å². The van der Waals surface area contributed by atoms with E-state index in [9.17, 15) is 4.39 Å². The van der Waals surface area contributed by atoms with Crippen LogP contribution < -0.4 is 15.2 Å². The summed E-state index contributed by atoms with van der Waals surface area (Å²) < 4.78 is 25.5. The molecule has 0 aliphatic carbocycles. The fraction of sp³-hybridized carbons (Fsp3) is 0.250. The van der Waals surface area contributed by atoms with Crippen LogP contribution in [0.25, 0.3) is 0 Å². The van der Waals surface area contributed by atoms with Crippen molar-refractivity contribution in [3.63, 3.8) is 0 Å². The maximum Gasteiger partial charge on any atom is 0.133 e. The number of methoxy groups -OCH3 is 1. The minimum Gasteiger partial charge on any atom is -0.497 e. The van der Waals surface area contributed by atoms with Gasteiger partial charge in [0.25, 0.3) is 0 Å². The Bertz CT molecular complexity index is 632. The summed E-state index contributed by atoms with van der Waals surface area (Å²) in [5.74, 6) is 0.786. The molecule has 0 aliphatic heterocycles. The quantitative estimate of drug-likeness (QED) is 0.876. The molecule has 3 nitrogen and oxygen atoms in total. The van der Waals surface area contributed by atoms with Gasteiger partial charge in [-0.2, -0.15) is 0 Å². The lowest BCUT2D eigenvalue weighted by molar-refractivity contribution is 0.294. The maximum absolute atomic E-state index is 13.9. The van der Waals surface area contributed by atoms with Crippen molar-refractivity contribution in [3.05, 3.63) is 57.8 Å². The minimum atomic E-state index is -0.353. The van der Waals surface area contributed by atoms with Crippen LogP contribution in [0.15, 0.2) is 40.9 Å². The molecule has 0 aliphatic rings. The molecule has 0 spiro atoms. The van der Waals surface area contributed by atoms with E-state index in [0.29, 0.717) is 17.1 Å². The second-order valence-corrected chi connectivity index (χ2v) is 5.63. The predicted octanol–water partition coefficient (Wildman–Crippen LogP) is 4.20. The summed E-state index contributed by atoms with van der Waals surface area (Å²) in [6.07, 6.45) is 0. The first-order chi connectivity index (χ1) is 10.0. The van der Waals surface area contributed by atoms with E-state index in [0.717, 1.165) is 10.0 Å². The van der Waals surface area contributed by atoms with E-state index in [4.69, 9.17) is 15.2 Å². The Kier molecular flexibility index (Phi) is 5.20. The Labute approximate surface area is 132 Å². The van der Waals surface area contributed by atoms with Crippen LogP contribution >= 0.6 is 15.9 Å². The van der Waals surface area contributed by atoms with E-state index in [1.54, 1.807) is 12.1 Å². The lowest BCUT2D eigenvalue weighted by Gasteiger charge is -2.15. The first-order valence-electron chi connectivity index (χ1n) is 6.51. The summed E-state index contributed by atoms with van der Waals surface area (Å²) in [5.41, 5.74) is 7.27. The van der Waals surface area contributed by atoms with Gasteiger partial charge in [0.15, 0.2) is 0 Å².